The van der Waals surface area contributed by atoms with Gasteiger partial charge in [0, 0.05) is 31.3 Å². The first-order valence-electron chi connectivity index (χ1n) is 7.60. The minimum atomic E-state index is -3.33. The van der Waals surface area contributed by atoms with Crippen LogP contribution >= 0.6 is 11.6 Å². The highest BCUT2D eigenvalue weighted by molar-refractivity contribution is 7.89. The molecule has 1 aromatic rings. The van der Waals surface area contributed by atoms with Crippen molar-refractivity contribution in [1.82, 2.24) is 9.62 Å². The van der Waals surface area contributed by atoms with E-state index < -0.39 is 10.0 Å². The van der Waals surface area contributed by atoms with Crippen LogP contribution in [0.15, 0.2) is 24.3 Å². The van der Waals surface area contributed by atoms with E-state index in [1.165, 1.54) is 0 Å². The van der Waals surface area contributed by atoms with Gasteiger partial charge in [-0.25, -0.2) is 8.42 Å². The first-order chi connectivity index (χ1) is 10.6. The van der Waals surface area contributed by atoms with Crippen molar-refractivity contribution in [2.24, 2.45) is 5.92 Å². The van der Waals surface area contributed by atoms with Crippen LogP contribution in [0, 0.1) is 5.92 Å². The van der Waals surface area contributed by atoms with E-state index in [1.807, 2.05) is 18.2 Å². The standard InChI is InChI=1S/C15H21ClN2O3S/c16-14-4-2-1-3-13(14)15-9-17-6-7-18(15)22(19,20)11-12-5-8-21-10-12/h1-4,12,15,17H,5-11H2. The van der Waals surface area contributed by atoms with Gasteiger partial charge in [0.05, 0.1) is 18.4 Å². The maximum Gasteiger partial charge on any atom is 0.215 e. The van der Waals surface area contributed by atoms with Gasteiger partial charge in [-0.15, -0.1) is 0 Å². The average Bonchev–Trinajstić information content (AvgIpc) is 3.00. The van der Waals surface area contributed by atoms with Crippen LogP contribution in [0.2, 0.25) is 5.02 Å². The number of rotatable bonds is 4. The molecule has 122 valence electrons. The molecule has 22 heavy (non-hydrogen) atoms. The Morgan fingerprint density at radius 2 is 2.18 bits per heavy atom. The van der Waals surface area contributed by atoms with E-state index in [-0.39, 0.29) is 17.7 Å². The molecule has 1 aromatic carbocycles. The van der Waals surface area contributed by atoms with Crippen LogP contribution in [-0.4, -0.2) is 51.3 Å². The Hall–Kier alpha value is -0.660. The number of piperazine rings is 1. The van der Waals surface area contributed by atoms with E-state index in [1.54, 1.807) is 10.4 Å². The van der Waals surface area contributed by atoms with Crippen LogP contribution in [0.3, 0.4) is 0 Å². The average molecular weight is 345 g/mol. The first kappa shape index (κ1) is 16.2. The quantitative estimate of drug-likeness (QED) is 0.902. The van der Waals surface area contributed by atoms with E-state index >= 15 is 0 Å². The van der Waals surface area contributed by atoms with E-state index in [0.29, 0.717) is 37.9 Å². The second-order valence-corrected chi connectivity index (χ2v) is 8.23. The highest BCUT2D eigenvalue weighted by atomic mass is 35.5. The van der Waals surface area contributed by atoms with Gasteiger partial charge < -0.3 is 10.1 Å². The van der Waals surface area contributed by atoms with E-state index in [0.717, 1.165) is 12.0 Å². The molecule has 2 heterocycles. The number of ether oxygens (including phenoxy) is 1. The SMILES string of the molecule is O=S(=O)(CC1CCOC1)N1CCNCC1c1ccccc1Cl. The van der Waals surface area contributed by atoms with Gasteiger partial charge in [-0.1, -0.05) is 29.8 Å². The van der Waals surface area contributed by atoms with Gasteiger partial charge in [0.1, 0.15) is 0 Å². The zero-order valence-electron chi connectivity index (χ0n) is 12.4. The van der Waals surface area contributed by atoms with Gasteiger partial charge in [-0.3, -0.25) is 0 Å². The van der Waals surface area contributed by atoms with Crippen molar-refractivity contribution in [3.05, 3.63) is 34.9 Å². The summed E-state index contributed by atoms with van der Waals surface area (Å²) in [7, 11) is -3.33. The lowest BCUT2D eigenvalue weighted by atomic mass is 10.1. The lowest BCUT2D eigenvalue weighted by Gasteiger charge is -2.36. The van der Waals surface area contributed by atoms with Crippen LogP contribution in [0.4, 0.5) is 0 Å². The van der Waals surface area contributed by atoms with E-state index in [4.69, 9.17) is 16.3 Å². The third-order valence-electron chi connectivity index (χ3n) is 4.29. The molecule has 0 aliphatic carbocycles. The molecule has 5 nitrogen and oxygen atoms in total. The van der Waals surface area contributed by atoms with Crippen molar-refractivity contribution in [2.45, 2.75) is 12.5 Å². The number of sulfonamides is 1. The Labute approximate surface area is 136 Å². The molecule has 0 bridgehead atoms. The summed E-state index contributed by atoms with van der Waals surface area (Å²) in [5.41, 5.74) is 0.864. The Balaban J connectivity index is 1.84. The van der Waals surface area contributed by atoms with Gasteiger partial charge in [0.25, 0.3) is 0 Å². The number of hydrogen-bond acceptors (Lipinski definition) is 4. The topological polar surface area (TPSA) is 58.6 Å². The van der Waals surface area contributed by atoms with Gasteiger partial charge in [-0.2, -0.15) is 4.31 Å². The molecule has 2 unspecified atom stereocenters. The number of halogens is 1. The third-order valence-corrected chi connectivity index (χ3v) is 6.67. The van der Waals surface area contributed by atoms with Gasteiger partial charge >= 0.3 is 0 Å². The Kier molecular flexibility index (Phi) is 5.04. The second-order valence-electron chi connectivity index (χ2n) is 5.86. The van der Waals surface area contributed by atoms with Crippen LogP contribution < -0.4 is 5.32 Å². The minimum Gasteiger partial charge on any atom is -0.381 e. The van der Waals surface area contributed by atoms with Gasteiger partial charge in [0.15, 0.2) is 0 Å². The summed E-state index contributed by atoms with van der Waals surface area (Å²) in [6.07, 6.45) is 0.822. The molecule has 2 fully saturated rings. The molecule has 0 saturated carbocycles. The fraction of sp³-hybridized carbons (Fsp3) is 0.600. The zero-order chi connectivity index (χ0) is 15.6. The van der Waals surface area contributed by atoms with Crippen LogP contribution in [0.25, 0.3) is 0 Å². The fourth-order valence-corrected chi connectivity index (χ4v) is 5.39. The van der Waals surface area contributed by atoms with Crippen LogP contribution in [0.5, 0.6) is 0 Å². The summed E-state index contributed by atoms with van der Waals surface area (Å²) in [5, 5.41) is 3.88. The first-order valence-corrected chi connectivity index (χ1v) is 9.59. The normalized spacial score (nSPS) is 27.1. The number of hydrogen-bond donors (Lipinski definition) is 1. The second kappa shape index (κ2) is 6.84. The maximum absolute atomic E-state index is 12.8. The lowest BCUT2D eigenvalue weighted by molar-refractivity contribution is 0.188. The smallest absolute Gasteiger partial charge is 0.215 e. The van der Waals surface area contributed by atoms with Crippen molar-refractivity contribution in [2.75, 3.05) is 38.6 Å². The van der Waals surface area contributed by atoms with E-state index in [2.05, 4.69) is 5.32 Å². The Bertz CT molecular complexity index is 617. The van der Waals surface area contributed by atoms with Crippen molar-refractivity contribution < 1.29 is 13.2 Å². The highest BCUT2D eigenvalue weighted by Crippen LogP contribution is 2.31. The van der Waals surface area contributed by atoms with Crippen molar-refractivity contribution >= 4 is 21.6 Å². The molecule has 0 radical (unpaired) electrons. The molecule has 2 atom stereocenters. The highest BCUT2D eigenvalue weighted by Gasteiger charge is 2.36. The maximum atomic E-state index is 12.8. The molecule has 2 saturated heterocycles. The van der Waals surface area contributed by atoms with Gasteiger partial charge in [-0.05, 0) is 24.0 Å². The summed E-state index contributed by atoms with van der Waals surface area (Å²) < 4.78 is 32.6. The summed E-state index contributed by atoms with van der Waals surface area (Å²) in [4.78, 5) is 0. The molecule has 0 spiro atoms. The zero-order valence-corrected chi connectivity index (χ0v) is 13.9. The molecule has 3 rings (SSSR count). The number of nitrogens with zero attached hydrogens (tertiary/aromatic N) is 1. The van der Waals surface area contributed by atoms with Crippen LogP contribution in [0.1, 0.15) is 18.0 Å². The third kappa shape index (κ3) is 3.46. The molecule has 0 amide bonds. The van der Waals surface area contributed by atoms with E-state index in [9.17, 15) is 8.42 Å². The predicted molar refractivity (Wildman–Crippen MR) is 86.5 cm³/mol. The molecule has 1 N–H and O–H groups in total. The molecular formula is C15H21ClN2O3S. The summed E-state index contributed by atoms with van der Waals surface area (Å²) >= 11 is 6.27. The van der Waals surface area contributed by atoms with Crippen molar-refractivity contribution in [3.63, 3.8) is 0 Å². The van der Waals surface area contributed by atoms with Gasteiger partial charge in [0.2, 0.25) is 10.0 Å². The number of benzene rings is 1. The predicted octanol–water partition coefficient (Wildman–Crippen LogP) is 1.65. The molecule has 7 heteroatoms. The van der Waals surface area contributed by atoms with Crippen molar-refractivity contribution in [1.29, 1.82) is 0 Å². The van der Waals surface area contributed by atoms with Crippen LogP contribution in [-0.2, 0) is 14.8 Å². The summed E-state index contributed by atoms with van der Waals surface area (Å²) in [6.45, 7) is 2.94. The minimum absolute atomic E-state index is 0.104. The molecule has 2 aliphatic rings. The van der Waals surface area contributed by atoms with Crippen molar-refractivity contribution in [3.8, 4) is 0 Å². The fourth-order valence-electron chi connectivity index (χ4n) is 3.14. The monoisotopic (exact) mass is 344 g/mol. The molecule has 0 aromatic heterocycles. The molecular weight excluding hydrogens is 324 g/mol. The lowest BCUT2D eigenvalue weighted by Crippen LogP contribution is -2.50. The Morgan fingerprint density at radius 1 is 1.36 bits per heavy atom. The number of nitrogens with one attached hydrogen (secondary N) is 1. The summed E-state index contributed by atoms with van der Waals surface area (Å²) in [6, 6.07) is 7.22. The largest absolute Gasteiger partial charge is 0.381 e. The Morgan fingerprint density at radius 3 is 2.91 bits per heavy atom. The molecule has 2 aliphatic heterocycles. The summed E-state index contributed by atoms with van der Waals surface area (Å²) in [5.74, 6) is 0.264.